The van der Waals surface area contributed by atoms with E-state index in [1.165, 1.54) is 81.7 Å². The number of aromatic nitrogens is 1. The molecule has 1 fully saturated rings. The molecule has 0 bridgehead atoms. The van der Waals surface area contributed by atoms with E-state index in [0.717, 1.165) is 102 Å². The zero-order chi connectivity index (χ0) is 104. The number of hydrogen-bond donors (Lipinski definition) is 11. The second-order valence-electron chi connectivity index (χ2n) is 36.4. The van der Waals surface area contributed by atoms with Crippen LogP contribution < -0.4 is 33.2 Å². The number of aromatic hydroxyl groups is 2. The van der Waals surface area contributed by atoms with E-state index in [2.05, 4.69) is 20.9 Å². The number of rotatable bonds is 52. The number of benzene rings is 8. The third kappa shape index (κ3) is 35.8. The van der Waals surface area contributed by atoms with Gasteiger partial charge in [-0.2, -0.15) is 0 Å². The number of hydrogen-bond acceptors (Lipinski definition) is 21. The maximum atomic E-state index is 14.9. The highest BCUT2D eigenvalue weighted by Gasteiger charge is 2.54. The zero-order valence-electron chi connectivity index (χ0n) is 81.6. The number of nitrogens with zero attached hydrogens (tertiary/aromatic N) is 4. The summed E-state index contributed by atoms with van der Waals surface area (Å²) in [6.07, 6.45) is 6.58. The van der Waals surface area contributed by atoms with Gasteiger partial charge < -0.3 is 73.4 Å². The summed E-state index contributed by atoms with van der Waals surface area (Å²) in [5.41, 5.74) is 24.1. The van der Waals surface area contributed by atoms with E-state index in [4.69, 9.17) is 17.2 Å². The molecule has 1 aromatic heterocycles. The first-order valence-corrected chi connectivity index (χ1v) is 53.5. The van der Waals surface area contributed by atoms with Crippen LogP contribution in [0.4, 0.5) is 26.3 Å². The Hall–Kier alpha value is -11.5. The Kier molecular flexibility index (Phi) is 45.2. The standard InChI is InChI=1S/C38H49F2N3O6S.C36H47F2N3O6S.C32H40F2N4O5S/c1-4-9-32(10-5-2)50(48,49)24-34(42-36(46)27-12-8-14-31(44)21-27)37(47)43(38(15-16-38)28-13-7-11-25(6-3)17-28)23-35(45)33(41)20-26-18-29(39)22-30(40)19-26;1-4-9-31(10-5-2)48(46,47)23-33(40-35(44)27-13-8-14-30(42)19-27)36(45)41(21-25-12-7-11-24(6-3)15-25)22-34(43)32(39)18-26-16-28(37)20-29(38)17-26;1-3-5-12-44(42,43)21-29(37-31(40)25-10-7-11-36-18-25)32(41)38(19-23-9-6-8-22(4-2)13-23)20-30(39)28(35)16-24-14-26(33)17-27(34)15-24/h7-8,11-14,17-19,21-22,32-35,44-45H,4-6,9-10,15-16,20,23-24,41H2,1-3H3,(H,42,46);7-8,11-17,19-20,31-34,42-43H,4-6,9-10,18,21-23,39H2,1-3H3,(H,40,44);6-11,13-15,17-18,28-30,39H,3-5,12,16,19-21,35H2,1-2H3,(H,37,40)/t33-,34?,35+;32-,33+,34+;28-,29?,30+/m000/s1. The number of carbonyl (C=O) groups excluding carboxylic acids is 6. The van der Waals surface area contributed by atoms with Crippen molar-refractivity contribution in [3.05, 3.63) is 302 Å². The van der Waals surface area contributed by atoms with Crippen molar-refractivity contribution in [1.82, 2.24) is 35.6 Å². The predicted molar refractivity (Wildman–Crippen MR) is 536 cm³/mol. The van der Waals surface area contributed by atoms with Gasteiger partial charge in [-0.1, -0.05) is 172 Å². The summed E-state index contributed by atoms with van der Waals surface area (Å²) in [6.45, 7) is 14.2. The molecular formula is C106H136F6N10O17S3. The fourth-order valence-electron chi connectivity index (χ4n) is 17.0. The highest BCUT2D eigenvalue weighted by molar-refractivity contribution is 7.92. The Morgan fingerprint density at radius 3 is 1.08 bits per heavy atom. The molecular weight excluding hydrogens is 1900 g/mol. The monoisotopic (exact) mass is 2030 g/mol. The van der Waals surface area contributed by atoms with Crippen LogP contribution in [0.5, 0.6) is 11.5 Å². The van der Waals surface area contributed by atoms with Crippen LogP contribution in [0.1, 0.15) is 214 Å². The zero-order valence-corrected chi connectivity index (χ0v) is 84.1. The Balaban J connectivity index is 0.000000261. The van der Waals surface area contributed by atoms with Gasteiger partial charge in [-0.3, -0.25) is 33.8 Å². The van der Waals surface area contributed by atoms with Crippen LogP contribution in [-0.2, 0) is 101 Å². The molecule has 2 unspecified atom stereocenters. The number of carbonyl (C=O) groups is 6. The van der Waals surface area contributed by atoms with Gasteiger partial charge in [0.2, 0.25) is 17.7 Å². The van der Waals surface area contributed by atoms with E-state index in [-0.39, 0.29) is 103 Å². The first-order valence-electron chi connectivity index (χ1n) is 48.2. The van der Waals surface area contributed by atoms with Gasteiger partial charge in [0.15, 0.2) is 29.5 Å². The third-order valence-electron chi connectivity index (χ3n) is 24.8. The maximum absolute atomic E-state index is 14.9. The Bertz CT molecular complexity index is 5960. The van der Waals surface area contributed by atoms with Crippen LogP contribution in [0.15, 0.2) is 200 Å². The van der Waals surface area contributed by atoms with Crippen molar-refractivity contribution in [3.8, 4) is 11.5 Å². The highest BCUT2D eigenvalue weighted by Crippen LogP contribution is 2.52. The molecule has 0 saturated heterocycles. The second kappa shape index (κ2) is 55.4. The second-order valence-corrected chi connectivity index (χ2v) is 43.3. The van der Waals surface area contributed by atoms with Crippen LogP contribution in [0.3, 0.4) is 0 Å². The Labute approximate surface area is 829 Å². The van der Waals surface area contributed by atoms with Crippen molar-refractivity contribution in [2.75, 3.05) is 42.6 Å². The van der Waals surface area contributed by atoms with Crippen molar-refractivity contribution in [2.24, 2.45) is 17.2 Å². The van der Waals surface area contributed by atoms with Crippen molar-refractivity contribution >= 4 is 65.0 Å². The fraction of sp³-hybridized carbons (Fsp3) is 0.443. The van der Waals surface area contributed by atoms with Crippen molar-refractivity contribution in [3.63, 3.8) is 0 Å². The molecule has 1 saturated carbocycles. The molecule has 9 aromatic rings. The normalized spacial score (nSPS) is 14.3. The summed E-state index contributed by atoms with van der Waals surface area (Å²) in [7, 11) is -11.6. The smallest absolute Gasteiger partial charge is 0.253 e. The van der Waals surface area contributed by atoms with E-state index in [1.54, 1.807) is 18.2 Å². The molecule has 27 nitrogen and oxygen atoms in total. The van der Waals surface area contributed by atoms with E-state index in [9.17, 15) is 106 Å². The van der Waals surface area contributed by atoms with E-state index in [1.807, 2.05) is 116 Å². The molecule has 0 spiro atoms. The molecule has 0 aliphatic heterocycles. The summed E-state index contributed by atoms with van der Waals surface area (Å²) >= 11 is 0. The maximum Gasteiger partial charge on any atom is 0.253 e. The van der Waals surface area contributed by atoms with Crippen molar-refractivity contribution < 1.29 is 106 Å². The number of halogens is 6. The predicted octanol–water partition coefficient (Wildman–Crippen LogP) is 13.0. The lowest BCUT2D eigenvalue weighted by molar-refractivity contribution is -0.138. The average molecular weight is 2030 g/mol. The van der Waals surface area contributed by atoms with Gasteiger partial charge in [0.05, 0.1) is 62.9 Å². The molecule has 36 heteroatoms. The number of pyridine rings is 1. The lowest BCUT2D eigenvalue weighted by atomic mass is 9.96. The summed E-state index contributed by atoms with van der Waals surface area (Å²) in [5, 5.41) is 60.1. The fourth-order valence-corrected chi connectivity index (χ4v) is 23.0. The van der Waals surface area contributed by atoms with Crippen LogP contribution in [0.25, 0.3) is 0 Å². The quantitative estimate of drug-likeness (QED) is 0.0158. The minimum Gasteiger partial charge on any atom is -0.508 e. The Morgan fingerprint density at radius 2 is 0.732 bits per heavy atom. The number of phenols is 2. The first kappa shape index (κ1) is 116. The van der Waals surface area contributed by atoms with E-state index < -0.39 is 188 Å². The van der Waals surface area contributed by atoms with Crippen LogP contribution in [0.2, 0.25) is 0 Å². The van der Waals surface area contributed by atoms with Crippen molar-refractivity contribution in [2.45, 2.75) is 255 Å². The average Bonchev–Trinajstić information content (AvgIpc) is 1.58. The van der Waals surface area contributed by atoms with Crippen LogP contribution in [-0.4, -0.2) is 214 Å². The molecule has 8 aromatic carbocycles. The number of nitrogens with one attached hydrogen (secondary N) is 3. The SMILES string of the molecule is CCCC(CCC)S(=O)(=O)CC(NC(=O)c1cccc(O)c1)C(=O)N(C[C@@H](O)[C@@H](N)Cc1cc(F)cc(F)c1)C1(c2cccc(CC)c2)CC1.CCCC(CCC)S(=O)(=O)C[C@@H](NC(=O)c1cccc(O)c1)C(=O)N(Cc1cccc(CC)c1)C[C@@H](O)[C@@H](N)Cc1cc(F)cc(F)c1.CCCCS(=O)(=O)CC(NC(=O)c1cccnc1)C(=O)N(Cc1cccc(CC)c1)C[C@@H](O)[C@@H](N)Cc1cc(F)cc(F)c1. The highest BCUT2D eigenvalue weighted by atomic mass is 32.2. The van der Waals surface area contributed by atoms with Crippen LogP contribution in [0, 0.1) is 34.9 Å². The number of nitrogens with two attached hydrogens (primary N) is 3. The first-order chi connectivity index (χ1) is 67.4. The molecule has 0 radical (unpaired) electrons. The molecule has 772 valence electrons. The van der Waals surface area contributed by atoms with Crippen molar-refractivity contribution in [1.29, 1.82) is 0 Å². The molecule has 1 aliphatic rings. The van der Waals surface area contributed by atoms with E-state index in [0.29, 0.717) is 82.6 Å². The molecule has 14 N–H and O–H groups in total. The minimum atomic E-state index is -3.92. The number of aliphatic hydroxyl groups is 3. The number of phenolic OH excluding ortho intramolecular Hbond substituents is 2. The van der Waals surface area contributed by atoms with Gasteiger partial charge in [-0.05, 0) is 218 Å². The Morgan fingerprint density at radius 1 is 0.394 bits per heavy atom. The summed E-state index contributed by atoms with van der Waals surface area (Å²) in [6, 6.07) is 37.7. The lowest BCUT2D eigenvalue weighted by Crippen LogP contribution is -2.58. The molecule has 142 heavy (non-hydrogen) atoms. The topological polar surface area (TPSA) is 443 Å². The van der Waals surface area contributed by atoms with Gasteiger partial charge in [0.1, 0.15) is 64.5 Å². The van der Waals surface area contributed by atoms with Gasteiger partial charge in [-0.25, -0.2) is 51.6 Å². The third-order valence-corrected chi connectivity index (χ3v) is 31.2. The van der Waals surface area contributed by atoms with Gasteiger partial charge >= 0.3 is 0 Å². The number of aryl methyl sites for hydroxylation is 3. The summed E-state index contributed by atoms with van der Waals surface area (Å²) in [5.74, 6) is -11.7. The number of sulfone groups is 3. The molecule has 10 rings (SSSR count). The largest absolute Gasteiger partial charge is 0.508 e. The number of amides is 6. The summed E-state index contributed by atoms with van der Waals surface area (Å²) < 4.78 is 164. The number of aliphatic hydroxyl groups excluding tert-OH is 3. The van der Waals surface area contributed by atoms with Gasteiger partial charge in [0, 0.05) is 92.6 Å². The molecule has 1 aliphatic carbocycles. The molecule has 1 heterocycles. The van der Waals surface area contributed by atoms with Crippen LogP contribution >= 0.6 is 0 Å². The van der Waals surface area contributed by atoms with Gasteiger partial charge in [-0.15, -0.1) is 0 Å². The molecule has 9 atom stereocenters. The lowest BCUT2D eigenvalue weighted by Gasteiger charge is -2.38. The van der Waals surface area contributed by atoms with E-state index >= 15 is 0 Å². The molecule has 6 amide bonds. The minimum absolute atomic E-state index is 0.0146. The summed E-state index contributed by atoms with van der Waals surface area (Å²) in [4.78, 5) is 91.2. The number of unbranched alkanes of at least 4 members (excludes halogenated alkanes) is 1. The van der Waals surface area contributed by atoms with Gasteiger partial charge in [0.25, 0.3) is 17.7 Å².